The first-order valence-electron chi connectivity index (χ1n) is 4.08. The summed E-state index contributed by atoms with van der Waals surface area (Å²) in [5, 5.41) is 0.472. The summed E-state index contributed by atoms with van der Waals surface area (Å²) in [6.45, 7) is -0.0749. The molecule has 0 aromatic heterocycles. The van der Waals surface area contributed by atoms with Gasteiger partial charge in [0.2, 0.25) is 6.08 Å². The fraction of sp³-hybridized carbons (Fsp3) is 0.222. The molecule has 0 spiro atoms. The largest absolute Gasteiger partial charge is 0.234 e. The zero-order valence-electron chi connectivity index (χ0n) is 7.68. The van der Waals surface area contributed by atoms with Crippen LogP contribution in [0.3, 0.4) is 0 Å². The van der Waals surface area contributed by atoms with Crippen molar-refractivity contribution in [2.24, 2.45) is 4.99 Å². The summed E-state index contributed by atoms with van der Waals surface area (Å²) in [6.07, 6.45) is 1.29. The van der Waals surface area contributed by atoms with Crippen LogP contribution in [0, 0.1) is 0 Å². The molecule has 0 radical (unpaired) electrons. The van der Waals surface area contributed by atoms with Crippen molar-refractivity contribution in [2.75, 3.05) is 12.3 Å². The van der Waals surface area contributed by atoms with Crippen LogP contribution in [0.4, 0.5) is 0 Å². The molecule has 4 nitrogen and oxygen atoms in total. The normalized spacial score (nSPS) is 10.7. The van der Waals surface area contributed by atoms with Gasteiger partial charge in [-0.2, -0.15) is 0 Å². The highest BCUT2D eigenvalue weighted by atomic mass is 35.5. The lowest BCUT2D eigenvalue weighted by Crippen LogP contribution is -2.09. The highest BCUT2D eigenvalue weighted by Gasteiger charge is 2.13. The van der Waals surface area contributed by atoms with Gasteiger partial charge in [0.25, 0.3) is 0 Å². The van der Waals surface area contributed by atoms with Crippen LogP contribution < -0.4 is 0 Å². The van der Waals surface area contributed by atoms with E-state index in [1.54, 1.807) is 0 Å². The predicted octanol–water partition coefficient (Wildman–Crippen LogP) is 1.45. The molecule has 0 atom stereocenters. The van der Waals surface area contributed by atoms with Crippen LogP contribution in [0.25, 0.3) is 0 Å². The van der Waals surface area contributed by atoms with Crippen molar-refractivity contribution in [3.8, 4) is 0 Å². The van der Waals surface area contributed by atoms with Crippen LogP contribution in [0.5, 0.6) is 0 Å². The number of rotatable bonds is 4. The summed E-state index contributed by atoms with van der Waals surface area (Å²) in [7, 11) is -3.38. The van der Waals surface area contributed by atoms with Gasteiger partial charge in [-0.25, -0.2) is 18.2 Å². The molecule has 0 amide bonds. The lowest BCUT2D eigenvalue weighted by atomic mass is 10.4. The second-order valence-corrected chi connectivity index (χ2v) is 5.29. The molecule has 80 valence electrons. The Morgan fingerprint density at radius 1 is 1.27 bits per heavy atom. The van der Waals surface area contributed by atoms with Gasteiger partial charge in [-0.05, 0) is 24.3 Å². The molecule has 6 heteroatoms. The molecular weight excluding hydrogens is 238 g/mol. The third-order valence-corrected chi connectivity index (χ3v) is 3.67. The molecule has 0 aliphatic heterocycles. The molecule has 0 unspecified atom stereocenters. The van der Waals surface area contributed by atoms with Crippen LogP contribution in [-0.4, -0.2) is 26.8 Å². The summed E-state index contributed by atoms with van der Waals surface area (Å²) in [5.41, 5.74) is 0. The van der Waals surface area contributed by atoms with Crippen molar-refractivity contribution in [1.82, 2.24) is 0 Å². The van der Waals surface area contributed by atoms with E-state index in [0.29, 0.717) is 5.02 Å². The van der Waals surface area contributed by atoms with E-state index in [1.165, 1.54) is 30.3 Å². The molecule has 0 bridgehead atoms. The van der Waals surface area contributed by atoms with E-state index in [-0.39, 0.29) is 17.2 Å². The molecule has 1 rings (SSSR count). The van der Waals surface area contributed by atoms with Crippen LogP contribution in [-0.2, 0) is 14.6 Å². The molecule has 0 fully saturated rings. The molecule has 15 heavy (non-hydrogen) atoms. The average Bonchev–Trinajstić information content (AvgIpc) is 2.18. The number of halogens is 1. The van der Waals surface area contributed by atoms with E-state index in [1.807, 2.05) is 0 Å². The minimum atomic E-state index is -3.38. The third-order valence-electron chi connectivity index (χ3n) is 1.71. The van der Waals surface area contributed by atoms with Gasteiger partial charge in [0, 0.05) is 5.02 Å². The molecule has 1 aromatic rings. The van der Waals surface area contributed by atoms with Crippen molar-refractivity contribution in [3.63, 3.8) is 0 Å². The predicted molar refractivity (Wildman–Crippen MR) is 56.5 cm³/mol. The smallest absolute Gasteiger partial charge is 0.224 e. The van der Waals surface area contributed by atoms with Gasteiger partial charge in [0.1, 0.15) is 0 Å². The van der Waals surface area contributed by atoms with Crippen LogP contribution in [0.15, 0.2) is 34.2 Å². The van der Waals surface area contributed by atoms with Crippen molar-refractivity contribution >= 4 is 27.5 Å². The number of carbonyl (C=O) groups excluding carboxylic acids is 1. The van der Waals surface area contributed by atoms with Crippen molar-refractivity contribution in [2.45, 2.75) is 4.90 Å². The van der Waals surface area contributed by atoms with Crippen LogP contribution in [0.2, 0.25) is 5.02 Å². The van der Waals surface area contributed by atoms with Crippen LogP contribution in [0.1, 0.15) is 0 Å². The van der Waals surface area contributed by atoms with E-state index in [2.05, 4.69) is 4.99 Å². The van der Waals surface area contributed by atoms with Crippen molar-refractivity contribution in [1.29, 1.82) is 0 Å². The summed E-state index contributed by atoms with van der Waals surface area (Å²) in [5.74, 6) is -0.204. The Morgan fingerprint density at radius 3 is 2.40 bits per heavy atom. The van der Waals surface area contributed by atoms with E-state index < -0.39 is 9.84 Å². The fourth-order valence-corrected chi connectivity index (χ4v) is 2.22. The molecule has 0 heterocycles. The second-order valence-electron chi connectivity index (χ2n) is 2.75. The first-order valence-corrected chi connectivity index (χ1v) is 6.11. The summed E-state index contributed by atoms with van der Waals surface area (Å²) in [6, 6.07) is 5.83. The number of benzene rings is 1. The van der Waals surface area contributed by atoms with Gasteiger partial charge >= 0.3 is 0 Å². The molecule has 0 N–H and O–H groups in total. The van der Waals surface area contributed by atoms with Gasteiger partial charge in [0.15, 0.2) is 9.84 Å². The van der Waals surface area contributed by atoms with Gasteiger partial charge < -0.3 is 0 Å². The topological polar surface area (TPSA) is 63.6 Å². The average molecular weight is 246 g/mol. The Bertz CT molecular complexity index is 475. The molecular formula is C9H8ClNO3S. The zero-order valence-corrected chi connectivity index (χ0v) is 9.25. The number of hydrogen-bond donors (Lipinski definition) is 0. The SMILES string of the molecule is O=C=NCCS(=O)(=O)c1ccc(Cl)cc1. The Morgan fingerprint density at radius 2 is 1.87 bits per heavy atom. The first-order chi connectivity index (χ1) is 7.06. The maximum absolute atomic E-state index is 11.6. The van der Waals surface area contributed by atoms with Gasteiger partial charge in [-0.1, -0.05) is 11.6 Å². The number of hydrogen-bond acceptors (Lipinski definition) is 4. The minimum Gasteiger partial charge on any atom is -0.224 e. The maximum atomic E-state index is 11.6. The Kier molecular flexibility index (Phi) is 4.03. The number of isocyanates is 1. The van der Waals surface area contributed by atoms with E-state index >= 15 is 0 Å². The third kappa shape index (κ3) is 3.47. The fourth-order valence-electron chi connectivity index (χ4n) is 0.971. The van der Waals surface area contributed by atoms with Gasteiger partial charge in [-0.15, -0.1) is 0 Å². The molecule has 0 aliphatic rings. The molecule has 0 saturated carbocycles. The zero-order chi connectivity index (χ0) is 11.3. The standard InChI is InChI=1S/C9H8ClNO3S/c10-8-1-3-9(4-2-8)15(13,14)6-5-11-7-12/h1-4H,5-6H2. The Labute approximate surface area is 92.5 Å². The molecule has 0 aliphatic carbocycles. The summed E-state index contributed by atoms with van der Waals surface area (Å²) < 4.78 is 23.2. The van der Waals surface area contributed by atoms with Gasteiger partial charge in [0.05, 0.1) is 17.2 Å². The van der Waals surface area contributed by atoms with E-state index in [4.69, 9.17) is 11.6 Å². The van der Waals surface area contributed by atoms with Crippen molar-refractivity contribution in [3.05, 3.63) is 29.3 Å². The lowest BCUT2D eigenvalue weighted by Gasteiger charge is -2.01. The Balaban J connectivity index is 2.86. The second kappa shape index (κ2) is 5.07. The monoisotopic (exact) mass is 245 g/mol. The highest BCUT2D eigenvalue weighted by molar-refractivity contribution is 7.91. The van der Waals surface area contributed by atoms with Gasteiger partial charge in [-0.3, -0.25) is 0 Å². The Hall–Kier alpha value is -1.16. The quantitative estimate of drug-likeness (QED) is 0.596. The number of sulfone groups is 1. The first kappa shape index (κ1) is 11.9. The maximum Gasteiger partial charge on any atom is 0.234 e. The minimum absolute atomic E-state index is 0.0749. The number of nitrogens with zero attached hydrogens (tertiary/aromatic N) is 1. The van der Waals surface area contributed by atoms with Crippen LogP contribution >= 0.6 is 11.6 Å². The van der Waals surface area contributed by atoms with E-state index in [9.17, 15) is 13.2 Å². The molecule has 0 saturated heterocycles. The summed E-state index contributed by atoms with van der Waals surface area (Å²) >= 11 is 5.62. The molecule has 1 aromatic carbocycles. The number of aliphatic imine (C=N–C) groups is 1. The van der Waals surface area contributed by atoms with E-state index in [0.717, 1.165) is 0 Å². The van der Waals surface area contributed by atoms with Crippen molar-refractivity contribution < 1.29 is 13.2 Å². The lowest BCUT2D eigenvalue weighted by molar-refractivity contribution is 0.563. The highest BCUT2D eigenvalue weighted by Crippen LogP contribution is 2.15. The summed E-state index contributed by atoms with van der Waals surface area (Å²) in [4.78, 5) is 13.1.